The Bertz CT molecular complexity index is 941. The summed E-state index contributed by atoms with van der Waals surface area (Å²) in [7, 11) is 1.87. The van der Waals surface area contributed by atoms with E-state index in [2.05, 4.69) is 12.0 Å². The molecule has 2 aliphatic rings. The zero-order chi connectivity index (χ0) is 20.8. The van der Waals surface area contributed by atoms with Crippen LogP contribution < -0.4 is 0 Å². The van der Waals surface area contributed by atoms with Gasteiger partial charge in [-0.3, -0.25) is 14.3 Å². The Hall–Kier alpha value is -2.63. The number of rotatable bonds is 3. The van der Waals surface area contributed by atoms with Gasteiger partial charge in [-0.1, -0.05) is 19.1 Å². The molecule has 2 amide bonds. The van der Waals surface area contributed by atoms with E-state index in [1.54, 1.807) is 4.68 Å². The second-order valence-electron chi connectivity index (χ2n) is 8.48. The minimum atomic E-state index is -0.233. The minimum Gasteiger partial charge on any atom is -0.335 e. The van der Waals surface area contributed by atoms with Gasteiger partial charge >= 0.3 is 0 Å². The van der Waals surface area contributed by atoms with Gasteiger partial charge < -0.3 is 9.80 Å². The van der Waals surface area contributed by atoms with E-state index in [9.17, 15) is 9.59 Å². The van der Waals surface area contributed by atoms with E-state index in [1.165, 1.54) is 5.56 Å². The molecule has 1 saturated carbocycles. The van der Waals surface area contributed by atoms with Crippen molar-refractivity contribution in [3.63, 3.8) is 0 Å². The second kappa shape index (κ2) is 7.32. The summed E-state index contributed by atoms with van der Waals surface area (Å²) < 4.78 is 1.77. The average molecular weight is 395 g/mol. The first-order valence-electron chi connectivity index (χ1n) is 10.6. The van der Waals surface area contributed by atoms with Crippen molar-refractivity contribution in [2.24, 2.45) is 7.05 Å². The predicted octanol–water partition coefficient (Wildman–Crippen LogP) is 3.12. The Labute approximate surface area is 172 Å². The lowest BCUT2D eigenvalue weighted by Gasteiger charge is -2.55. The number of nitrogens with zero attached hydrogens (tertiary/aromatic N) is 4. The zero-order valence-corrected chi connectivity index (χ0v) is 17.9. The molecule has 0 unspecified atom stereocenters. The van der Waals surface area contributed by atoms with Crippen LogP contribution in [0.25, 0.3) is 0 Å². The first-order valence-corrected chi connectivity index (χ1v) is 10.6. The highest BCUT2D eigenvalue weighted by Crippen LogP contribution is 2.41. The van der Waals surface area contributed by atoms with Crippen LogP contribution in [0.5, 0.6) is 0 Å². The van der Waals surface area contributed by atoms with Crippen LogP contribution in [0.15, 0.2) is 24.3 Å². The van der Waals surface area contributed by atoms with Gasteiger partial charge in [-0.05, 0) is 57.2 Å². The zero-order valence-electron chi connectivity index (χ0n) is 17.9. The van der Waals surface area contributed by atoms with Crippen molar-refractivity contribution in [2.45, 2.75) is 52.0 Å². The van der Waals surface area contributed by atoms with Gasteiger partial charge in [-0.2, -0.15) is 5.10 Å². The molecule has 1 saturated heterocycles. The standard InChI is InChI=1S/C23H30N4O2/c1-5-18-7-9-19(10-8-18)21(28)26-13-14-27(23(15-26)11-6-12-23)22(29)20-16(2)24-25(4)17(20)3/h7-10H,5-6,11-15H2,1-4H3. The Morgan fingerprint density at radius 1 is 1.07 bits per heavy atom. The highest BCUT2D eigenvalue weighted by Gasteiger charge is 2.50. The Kier molecular flexibility index (Phi) is 4.97. The van der Waals surface area contributed by atoms with E-state index in [1.807, 2.05) is 55.0 Å². The maximum Gasteiger partial charge on any atom is 0.258 e. The molecule has 1 aromatic heterocycles. The van der Waals surface area contributed by atoms with E-state index in [0.29, 0.717) is 25.2 Å². The number of aryl methyl sites for hydroxylation is 3. The van der Waals surface area contributed by atoms with Crippen LogP contribution in [0.3, 0.4) is 0 Å². The first-order chi connectivity index (χ1) is 13.9. The fourth-order valence-electron chi connectivity index (χ4n) is 4.76. The Morgan fingerprint density at radius 2 is 1.76 bits per heavy atom. The van der Waals surface area contributed by atoms with Crippen LogP contribution in [-0.2, 0) is 13.5 Å². The topological polar surface area (TPSA) is 58.4 Å². The third-order valence-corrected chi connectivity index (χ3v) is 6.80. The van der Waals surface area contributed by atoms with E-state index >= 15 is 0 Å². The molecule has 2 heterocycles. The van der Waals surface area contributed by atoms with Gasteiger partial charge in [0, 0.05) is 37.9 Å². The molecule has 6 nitrogen and oxygen atoms in total. The number of aromatic nitrogens is 2. The summed E-state index contributed by atoms with van der Waals surface area (Å²) in [5.74, 6) is 0.131. The number of carbonyl (C=O) groups is 2. The normalized spacial score (nSPS) is 18.1. The lowest BCUT2D eigenvalue weighted by molar-refractivity contribution is -0.0304. The molecule has 1 aliphatic heterocycles. The highest BCUT2D eigenvalue weighted by molar-refractivity contribution is 5.98. The quantitative estimate of drug-likeness (QED) is 0.804. The highest BCUT2D eigenvalue weighted by atomic mass is 16.2. The van der Waals surface area contributed by atoms with Gasteiger partial charge in [0.15, 0.2) is 0 Å². The van der Waals surface area contributed by atoms with E-state index < -0.39 is 0 Å². The Balaban J connectivity index is 1.55. The van der Waals surface area contributed by atoms with Crippen LogP contribution in [0.4, 0.5) is 0 Å². The molecule has 1 aliphatic carbocycles. The van der Waals surface area contributed by atoms with Crippen molar-refractivity contribution in [1.29, 1.82) is 0 Å². The van der Waals surface area contributed by atoms with E-state index in [4.69, 9.17) is 0 Å². The van der Waals surface area contributed by atoms with Crippen molar-refractivity contribution >= 4 is 11.8 Å². The average Bonchev–Trinajstić information content (AvgIpc) is 2.96. The molecular formula is C23H30N4O2. The molecule has 2 aromatic rings. The second-order valence-corrected chi connectivity index (χ2v) is 8.48. The van der Waals surface area contributed by atoms with Crippen LogP contribution in [0, 0.1) is 13.8 Å². The minimum absolute atomic E-state index is 0.0622. The molecule has 2 fully saturated rings. The molecule has 0 radical (unpaired) electrons. The van der Waals surface area contributed by atoms with Crippen LogP contribution >= 0.6 is 0 Å². The summed E-state index contributed by atoms with van der Waals surface area (Å²) in [6.07, 6.45) is 3.97. The molecule has 4 rings (SSSR count). The van der Waals surface area contributed by atoms with Crippen LogP contribution in [0.2, 0.25) is 0 Å². The van der Waals surface area contributed by atoms with Crippen molar-refractivity contribution in [3.8, 4) is 0 Å². The van der Waals surface area contributed by atoms with E-state index in [-0.39, 0.29) is 17.4 Å². The van der Waals surface area contributed by atoms with Gasteiger partial charge in [0.25, 0.3) is 11.8 Å². The molecular weight excluding hydrogens is 364 g/mol. The number of hydrogen-bond donors (Lipinski definition) is 0. The summed E-state index contributed by atoms with van der Waals surface area (Å²) >= 11 is 0. The Morgan fingerprint density at radius 3 is 2.28 bits per heavy atom. The van der Waals surface area contributed by atoms with Gasteiger partial charge in [0.05, 0.1) is 16.8 Å². The molecule has 0 atom stereocenters. The number of amides is 2. The number of benzene rings is 1. The van der Waals surface area contributed by atoms with Crippen molar-refractivity contribution in [1.82, 2.24) is 19.6 Å². The summed E-state index contributed by atoms with van der Waals surface area (Å²) in [5.41, 5.74) is 4.12. The van der Waals surface area contributed by atoms with Crippen LogP contribution in [-0.4, -0.2) is 56.6 Å². The van der Waals surface area contributed by atoms with Crippen molar-refractivity contribution in [3.05, 3.63) is 52.3 Å². The van der Waals surface area contributed by atoms with Gasteiger partial charge in [0.2, 0.25) is 0 Å². The van der Waals surface area contributed by atoms with Crippen molar-refractivity contribution in [2.75, 3.05) is 19.6 Å². The summed E-state index contributed by atoms with van der Waals surface area (Å²) in [5, 5.41) is 4.42. The molecule has 1 aromatic carbocycles. The molecule has 0 N–H and O–H groups in total. The number of hydrogen-bond acceptors (Lipinski definition) is 3. The lowest BCUT2D eigenvalue weighted by Crippen LogP contribution is -2.67. The summed E-state index contributed by atoms with van der Waals surface area (Å²) in [6.45, 7) is 7.71. The molecule has 1 spiro atoms. The monoisotopic (exact) mass is 394 g/mol. The van der Waals surface area contributed by atoms with Gasteiger partial charge in [-0.25, -0.2) is 0 Å². The van der Waals surface area contributed by atoms with Crippen LogP contribution in [0.1, 0.15) is 63.9 Å². The third kappa shape index (κ3) is 3.24. The third-order valence-electron chi connectivity index (χ3n) is 6.80. The largest absolute Gasteiger partial charge is 0.335 e. The predicted molar refractivity (Wildman–Crippen MR) is 112 cm³/mol. The summed E-state index contributed by atoms with van der Waals surface area (Å²) in [4.78, 5) is 30.5. The maximum atomic E-state index is 13.4. The molecule has 154 valence electrons. The van der Waals surface area contributed by atoms with E-state index in [0.717, 1.165) is 42.6 Å². The smallest absolute Gasteiger partial charge is 0.258 e. The fourth-order valence-corrected chi connectivity index (χ4v) is 4.76. The lowest BCUT2D eigenvalue weighted by atomic mass is 9.73. The maximum absolute atomic E-state index is 13.4. The fraction of sp³-hybridized carbons (Fsp3) is 0.522. The molecule has 29 heavy (non-hydrogen) atoms. The molecule has 6 heteroatoms. The number of piperazine rings is 1. The molecule has 0 bridgehead atoms. The SMILES string of the molecule is CCc1ccc(C(=O)N2CCN(C(=O)c3c(C)nn(C)c3C)C3(CCC3)C2)cc1. The van der Waals surface area contributed by atoms with Gasteiger partial charge in [-0.15, -0.1) is 0 Å². The van der Waals surface area contributed by atoms with Gasteiger partial charge in [0.1, 0.15) is 0 Å². The first kappa shape index (κ1) is 19.7. The number of carbonyl (C=O) groups excluding carboxylic acids is 2. The van der Waals surface area contributed by atoms with Crippen molar-refractivity contribution < 1.29 is 9.59 Å². The summed E-state index contributed by atoms with van der Waals surface area (Å²) in [6, 6.07) is 7.91.